The fourth-order valence-corrected chi connectivity index (χ4v) is 3.16. The molecule has 0 radical (unpaired) electrons. The first-order valence-corrected chi connectivity index (χ1v) is 9.09. The highest BCUT2D eigenvalue weighted by atomic mass is 35.5. The van der Waals surface area contributed by atoms with Crippen LogP contribution in [-0.4, -0.2) is 9.97 Å². The van der Waals surface area contributed by atoms with Crippen molar-refractivity contribution in [2.75, 3.05) is 0 Å². The Morgan fingerprint density at radius 3 is 2.38 bits per heavy atom. The summed E-state index contributed by atoms with van der Waals surface area (Å²) < 4.78 is 47.3. The molecule has 0 amide bonds. The van der Waals surface area contributed by atoms with Gasteiger partial charge < -0.3 is 4.74 Å². The van der Waals surface area contributed by atoms with Gasteiger partial charge in [0.05, 0.1) is 21.8 Å². The van der Waals surface area contributed by atoms with E-state index in [2.05, 4.69) is 9.97 Å². The standard InChI is InChI=1S/C22H14ClF3N2O/c23-15-6-9-18(27-12-15)16-7-10-19-17(21(16)22(24,25)26)8-11-20(28-19)29-13-14-4-2-1-3-5-14/h1-12H,13H2. The summed E-state index contributed by atoms with van der Waals surface area (Å²) in [5.74, 6) is 0.256. The molecule has 0 spiro atoms. The summed E-state index contributed by atoms with van der Waals surface area (Å²) in [5.41, 5.74) is 0.511. The van der Waals surface area contributed by atoms with E-state index in [1.54, 1.807) is 0 Å². The third-order valence-electron chi connectivity index (χ3n) is 4.36. The Balaban J connectivity index is 1.75. The van der Waals surface area contributed by atoms with E-state index in [1.807, 2.05) is 30.3 Å². The molecule has 0 bridgehead atoms. The van der Waals surface area contributed by atoms with Gasteiger partial charge in [0, 0.05) is 23.2 Å². The Labute approximate surface area is 169 Å². The van der Waals surface area contributed by atoms with Crippen molar-refractivity contribution in [2.45, 2.75) is 12.8 Å². The summed E-state index contributed by atoms with van der Waals surface area (Å²) in [6.07, 6.45) is -3.26. The molecule has 0 saturated heterocycles. The lowest BCUT2D eigenvalue weighted by molar-refractivity contribution is -0.135. The molecule has 0 unspecified atom stereocenters. The van der Waals surface area contributed by atoms with Gasteiger partial charge in [-0.2, -0.15) is 13.2 Å². The number of hydrogen-bond acceptors (Lipinski definition) is 3. The molecule has 0 atom stereocenters. The van der Waals surface area contributed by atoms with Crippen molar-refractivity contribution in [1.82, 2.24) is 9.97 Å². The number of rotatable bonds is 4. The lowest BCUT2D eigenvalue weighted by Crippen LogP contribution is -2.09. The zero-order chi connectivity index (χ0) is 20.4. The van der Waals surface area contributed by atoms with E-state index in [0.717, 1.165) is 5.56 Å². The molecule has 3 nitrogen and oxygen atoms in total. The molecular weight excluding hydrogens is 401 g/mol. The van der Waals surface area contributed by atoms with E-state index in [-0.39, 0.29) is 34.6 Å². The second-order valence-corrected chi connectivity index (χ2v) is 6.77. The number of halogens is 4. The minimum absolute atomic E-state index is 0.0150. The van der Waals surface area contributed by atoms with E-state index in [4.69, 9.17) is 16.3 Å². The molecular formula is C22H14ClF3N2O. The molecule has 0 N–H and O–H groups in total. The quantitative estimate of drug-likeness (QED) is 0.380. The monoisotopic (exact) mass is 414 g/mol. The van der Waals surface area contributed by atoms with Crippen LogP contribution < -0.4 is 4.74 Å². The van der Waals surface area contributed by atoms with Gasteiger partial charge in [-0.05, 0) is 29.8 Å². The zero-order valence-corrected chi connectivity index (χ0v) is 15.7. The predicted octanol–water partition coefficient (Wildman–Crippen LogP) is 6.55. The molecule has 2 aromatic heterocycles. The van der Waals surface area contributed by atoms with Gasteiger partial charge in [-0.15, -0.1) is 0 Å². The summed E-state index contributed by atoms with van der Waals surface area (Å²) >= 11 is 5.81. The van der Waals surface area contributed by atoms with Gasteiger partial charge in [0.15, 0.2) is 0 Å². The Morgan fingerprint density at radius 2 is 1.69 bits per heavy atom. The van der Waals surface area contributed by atoms with Gasteiger partial charge in [0.1, 0.15) is 6.61 Å². The normalized spacial score (nSPS) is 11.6. The van der Waals surface area contributed by atoms with E-state index in [0.29, 0.717) is 5.02 Å². The highest BCUT2D eigenvalue weighted by molar-refractivity contribution is 6.30. The van der Waals surface area contributed by atoms with E-state index in [1.165, 1.54) is 42.6 Å². The summed E-state index contributed by atoms with van der Waals surface area (Å²) in [6, 6.07) is 18.1. The van der Waals surface area contributed by atoms with E-state index < -0.39 is 11.7 Å². The Kier molecular flexibility index (Phi) is 5.11. The van der Waals surface area contributed by atoms with Crippen LogP contribution in [0.4, 0.5) is 13.2 Å². The Hall–Kier alpha value is -3.12. The highest BCUT2D eigenvalue weighted by Crippen LogP contribution is 2.41. The first-order chi connectivity index (χ1) is 13.9. The zero-order valence-electron chi connectivity index (χ0n) is 14.9. The van der Waals surface area contributed by atoms with Crippen LogP contribution in [-0.2, 0) is 12.8 Å². The number of fused-ring (bicyclic) bond motifs is 1. The van der Waals surface area contributed by atoms with Crippen molar-refractivity contribution in [3.05, 3.63) is 89.1 Å². The largest absolute Gasteiger partial charge is 0.473 e. The summed E-state index contributed by atoms with van der Waals surface area (Å²) in [6.45, 7) is 0.276. The maximum absolute atomic E-state index is 13.9. The predicted molar refractivity (Wildman–Crippen MR) is 106 cm³/mol. The van der Waals surface area contributed by atoms with Crippen LogP contribution in [0.5, 0.6) is 5.88 Å². The van der Waals surface area contributed by atoms with Crippen molar-refractivity contribution >= 4 is 22.5 Å². The van der Waals surface area contributed by atoms with Crippen LogP contribution in [0.3, 0.4) is 0 Å². The molecule has 4 rings (SSSR count). The number of hydrogen-bond donors (Lipinski definition) is 0. The topological polar surface area (TPSA) is 35.0 Å². The third kappa shape index (κ3) is 4.17. The minimum Gasteiger partial charge on any atom is -0.473 e. The molecule has 0 aliphatic heterocycles. The van der Waals surface area contributed by atoms with Crippen LogP contribution in [0, 0.1) is 0 Å². The SMILES string of the molecule is FC(F)(F)c1c(-c2ccc(Cl)cn2)ccc2nc(OCc3ccccc3)ccc12. The number of pyridine rings is 2. The van der Waals surface area contributed by atoms with Gasteiger partial charge >= 0.3 is 6.18 Å². The van der Waals surface area contributed by atoms with E-state index >= 15 is 0 Å². The summed E-state index contributed by atoms with van der Waals surface area (Å²) in [4.78, 5) is 8.28. The molecule has 29 heavy (non-hydrogen) atoms. The molecule has 0 aliphatic carbocycles. The number of aromatic nitrogens is 2. The second-order valence-electron chi connectivity index (χ2n) is 6.34. The average molecular weight is 415 g/mol. The van der Waals surface area contributed by atoms with Crippen LogP contribution in [0.2, 0.25) is 5.02 Å². The van der Waals surface area contributed by atoms with Crippen molar-refractivity contribution in [3.8, 4) is 17.1 Å². The van der Waals surface area contributed by atoms with Gasteiger partial charge in [0.2, 0.25) is 5.88 Å². The van der Waals surface area contributed by atoms with Gasteiger partial charge in [-0.3, -0.25) is 4.98 Å². The van der Waals surface area contributed by atoms with Crippen molar-refractivity contribution < 1.29 is 17.9 Å². The first kappa shape index (κ1) is 19.2. The molecule has 0 saturated carbocycles. The maximum atomic E-state index is 13.9. The molecule has 0 aliphatic rings. The number of alkyl halides is 3. The van der Waals surface area contributed by atoms with Crippen LogP contribution in [0.15, 0.2) is 72.9 Å². The Morgan fingerprint density at radius 1 is 0.897 bits per heavy atom. The van der Waals surface area contributed by atoms with Crippen molar-refractivity contribution in [1.29, 1.82) is 0 Å². The highest BCUT2D eigenvalue weighted by Gasteiger charge is 2.36. The number of ether oxygens (including phenoxy) is 1. The van der Waals surface area contributed by atoms with Crippen LogP contribution in [0.25, 0.3) is 22.2 Å². The molecule has 7 heteroatoms. The van der Waals surface area contributed by atoms with Gasteiger partial charge in [-0.25, -0.2) is 4.98 Å². The van der Waals surface area contributed by atoms with Crippen molar-refractivity contribution in [3.63, 3.8) is 0 Å². The summed E-state index contributed by atoms with van der Waals surface area (Å²) in [5, 5.41) is 0.337. The van der Waals surface area contributed by atoms with Crippen molar-refractivity contribution in [2.24, 2.45) is 0 Å². The minimum atomic E-state index is -4.58. The van der Waals surface area contributed by atoms with E-state index in [9.17, 15) is 13.2 Å². The first-order valence-electron chi connectivity index (χ1n) is 8.71. The van der Waals surface area contributed by atoms with Crippen LogP contribution in [0.1, 0.15) is 11.1 Å². The van der Waals surface area contributed by atoms with Gasteiger partial charge in [-0.1, -0.05) is 48.0 Å². The lowest BCUT2D eigenvalue weighted by Gasteiger charge is -2.16. The molecule has 146 valence electrons. The third-order valence-corrected chi connectivity index (χ3v) is 4.59. The maximum Gasteiger partial charge on any atom is 0.417 e. The second kappa shape index (κ2) is 7.72. The smallest absolute Gasteiger partial charge is 0.417 e. The van der Waals surface area contributed by atoms with Gasteiger partial charge in [0.25, 0.3) is 0 Å². The molecule has 2 aromatic carbocycles. The van der Waals surface area contributed by atoms with Crippen LogP contribution >= 0.6 is 11.6 Å². The average Bonchev–Trinajstić information content (AvgIpc) is 2.72. The lowest BCUT2D eigenvalue weighted by atomic mass is 9.98. The number of nitrogens with zero attached hydrogens (tertiary/aromatic N) is 2. The molecule has 2 heterocycles. The Bertz CT molecular complexity index is 1150. The fourth-order valence-electron chi connectivity index (χ4n) is 3.05. The number of benzene rings is 2. The molecule has 4 aromatic rings. The summed E-state index contributed by atoms with van der Waals surface area (Å²) in [7, 11) is 0. The fraction of sp³-hybridized carbons (Fsp3) is 0.0909. The molecule has 0 fully saturated rings.